The Morgan fingerprint density at radius 2 is 2.31 bits per heavy atom. The molecule has 1 rings (SSSR count). The van der Waals surface area contributed by atoms with Crippen molar-refractivity contribution >= 4 is 11.6 Å². The molecule has 1 aromatic heterocycles. The van der Waals surface area contributed by atoms with Gasteiger partial charge in [-0.15, -0.1) is 11.6 Å². The van der Waals surface area contributed by atoms with Gasteiger partial charge in [0.2, 0.25) is 0 Å². The number of hydrogen-bond donors (Lipinski definition) is 0. The fraction of sp³-hybridized carbons (Fsp3) is 0.364. The Balaban J connectivity index is 2.56. The van der Waals surface area contributed by atoms with Crippen LogP contribution < -0.4 is 0 Å². The van der Waals surface area contributed by atoms with Crippen molar-refractivity contribution in [3.63, 3.8) is 0 Å². The first kappa shape index (κ1) is 10.1. The molecule has 0 amide bonds. The molecule has 0 spiro atoms. The summed E-state index contributed by atoms with van der Waals surface area (Å²) >= 11 is 5.53. The fourth-order valence-electron chi connectivity index (χ4n) is 0.943. The summed E-state index contributed by atoms with van der Waals surface area (Å²) in [4.78, 5) is 4.05. The van der Waals surface area contributed by atoms with E-state index in [1.165, 1.54) is 0 Å². The van der Waals surface area contributed by atoms with Gasteiger partial charge in [0.15, 0.2) is 0 Å². The van der Waals surface area contributed by atoms with Crippen molar-refractivity contribution in [1.82, 2.24) is 4.98 Å². The molecule has 0 aliphatic rings. The predicted octanol–water partition coefficient (Wildman–Crippen LogP) is 2.76. The Morgan fingerprint density at radius 1 is 1.46 bits per heavy atom. The van der Waals surface area contributed by atoms with Gasteiger partial charge in [-0.1, -0.05) is 11.8 Å². The molecule has 68 valence electrons. The van der Waals surface area contributed by atoms with Crippen LogP contribution in [0.3, 0.4) is 0 Å². The second-order valence-electron chi connectivity index (χ2n) is 2.85. The van der Waals surface area contributed by atoms with Crippen LogP contribution in [-0.4, -0.2) is 10.9 Å². The maximum Gasteiger partial charge on any atom is 0.0431 e. The van der Waals surface area contributed by atoms with Crippen molar-refractivity contribution in [3.05, 3.63) is 29.6 Å². The first-order valence-electron chi connectivity index (χ1n) is 4.29. The van der Waals surface area contributed by atoms with E-state index in [9.17, 15) is 0 Å². The summed E-state index contributed by atoms with van der Waals surface area (Å²) in [5.41, 5.74) is 2.12. The van der Waals surface area contributed by atoms with Gasteiger partial charge in [-0.25, -0.2) is 0 Å². The number of unbranched alkanes of at least 4 members (excludes halogenated alkanes) is 1. The molecule has 13 heavy (non-hydrogen) atoms. The normalized spacial score (nSPS) is 9.08. The molecule has 2 heteroatoms. The van der Waals surface area contributed by atoms with E-state index in [4.69, 9.17) is 11.6 Å². The summed E-state index contributed by atoms with van der Waals surface area (Å²) in [6, 6.07) is 2.03. The van der Waals surface area contributed by atoms with Crippen molar-refractivity contribution in [2.45, 2.75) is 19.8 Å². The van der Waals surface area contributed by atoms with Crippen LogP contribution in [0, 0.1) is 18.8 Å². The zero-order valence-electron chi connectivity index (χ0n) is 7.68. The summed E-state index contributed by atoms with van der Waals surface area (Å²) < 4.78 is 0. The lowest BCUT2D eigenvalue weighted by molar-refractivity contribution is 0.991. The molecule has 0 radical (unpaired) electrons. The monoisotopic (exact) mass is 193 g/mol. The minimum absolute atomic E-state index is 0.681. The van der Waals surface area contributed by atoms with E-state index in [0.29, 0.717) is 5.88 Å². The van der Waals surface area contributed by atoms with E-state index < -0.39 is 0 Å². The Kier molecular flexibility index (Phi) is 4.35. The highest BCUT2D eigenvalue weighted by atomic mass is 35.5. The third-order valence-electron chi connectivity index (χ3n) is 1.54. The molecule has 0 aromatic carbocycles. The van der Waals surface area contributed by atoms with Gasteiger partial charge in [0.1, 0.15) is 0 Å². The molecule has 0 bridgehead atoms. The topological polar surface area (TPSA) is 12.9 Å². The van der Waals surface area contributed by atoms with Gasteiger partial charge in [0, 0.05) is 30.3 Å². The fourth-order valence-corrected chi connectivity index (χ4v) is 1.08. The summed E-state index contributed by atoms with van der Waals surface area (Å²) in [6.07, 6.45) is 5.41. The number of nitrogens with zero attached hydrogens (tertiary/aromatic N) is 1. The lowest BCUT2D eigenvalue weighted by Crippen LogP contribution is -1.80. The highest BCUT2D eigenvalue weighted by Crippen LogP contribution is 1.99. The van der Waals surface area contributed by atoms with Gasteiger partial charge >= 0.3 is 0 Å². The highest BCUT2D eigenvalue weighted by molar-refractivity contribution is 6.17. The second kappa shape index (κ2) is 5.61. The molecule has 0 saturated heterocycles. The summed E-state index contributed by atoms with van der Waals surface area (Å²) in [7, 11) is 0. The van der Waals surface area contributed by atoms with Crippen molar-refractivity contribution in [2.24, 2.45) is 0 Å². The van der Waals surface area contributed by atoms with Gasteiger partial charge in [0.05, 0.1) is 0 Å². The van der Waals surface area contributed by atoms with E-state index in [-0.39, 0.29) is 0 Å². The lowest BCUT2D eigenvalue weighted by Gasteiger charge is -1.91. The SMILES string of the molecule is Cc1cncc(C#CCCCCl)c1. The van der Waals surface area contributed by atoms with Crippen LogP contribution in [0.15, 0.2) is 18.5 Å². The van der Waals surface area contributed by atoms with Crippen LogP contribution in [0.4, 0.5) is 0 Å². The molecule has 1 aromatic rings. The van der Waals surface area contributed by atoms with Crippen LogP contribution in [0.2, 0.25) is 0 Å². The van der Waals surface area contributed by atoms with Gasteiger partial charge in [-0.2, -0.15) is 0 Å². The zero-order chi connectivity index (χ0) is 9.52. The van der Waals surface area contributed by atoms with Crippen molar-refractivity contribution < 1.29 is 0 Å². The number of aromatic nitrogens is 1. The van der Waals surface area contributed by atoms with Crippen molar-refractivity contribution in [2.75, 3.05) is 5.88 Å². The molecule has 0 saturated carbocycles. The Labute approximate surface area is 84.1 Å². The van der Waals surface area contributed by atoms with Crippen molar-refractivity contribution in [3.8, 4) is 11.8 Å². The van der Waals surface area contributed by atoms with E-state index in [1.807, 2.05) is 19.2 Å². The quantitative estimate of drug-likeness (QED) is 0.400. The number of pyridine rings is 1. The van der Waals surface area contributed by atoms with Crippen molar-refractivity contribution in [1.29, 1.82) is 0 Å². The van der Waals surface area contributed by atoms with Gasteiger partial charge in [-0.05, 0) is 25.0 Å². The summed E-state index contributed by atoms with van der Waals surface area (Å²) in [6.45, 7) is 2.01. The number of aryl methyl sites for hydroxylation is 1. The van der Waals surface area contributed by atoms with Crippen LogP contribution in [0.5, 0.6) is 0 Å². The Hall–Kier alpha value is -1.00. The second-order valence-corrected chi connectivity index (χ2v) is 3.22. The molecular weight excluding hydrogens is 182 g/mol. The van der Waals surface area contributed by atoms with E-state index >= 15 is 0 Å². The van der Waals surface area contributed by atoms with Gasteiger partial charge in [0.25, 0.3) is 0 Å². The molecule has 0 unspecified atom stereocenters. The average molecular weight is 194 g/mol. The van der Waals surface area contributed by atoms with Crippen LogP contribution >= 0.6 is 11.6 Å². The Morgan fingerprint density at radius 3 is 3.00 bits per heavy atom. The minimum atomic E-state index is 0.681. The molecule has 0 aliphatic heterocycles. The van der Waals surface area contributed by atoms with Crippen LogP contribution in [-0.2, 0) is 0 Å². The van der Waals surface area contributed by atoms with E-state index in [2.05, 4.69) is 16.8 Å². The maximum absolute atomic E-state index is 5.53. The first-order valence-corrected chi connectivity index (χ1v) is 4.83. The number of alkyl halides is 1. The minimum Gasteiger partial charge on any atom is -0.263 e. The summed E-state index contributed by atoms with van der Waals surface area (Å²) in [5, 5.41) is 0. The molecule has 0 atom stereocenters. The van der Waals surface area contributed by atoms with Crippen LogP contribution in [0.1, 0.15) is 24.0 Å². The van der Waals surface area contributed by atoms with Gasteiger partial charge < -0.3 is 0 Å². The number of rotatable bonds is 2. The smallest absolute Gasteiger partial charge is 0.0431 e. The maximum atomic E-state index is 5.53. The number of hydrogen-bond acceptors (Lipinski definition) is 1. The third-order valence-corrected chi connectivity index (χ3v) is 1.81. The Bertz CT molecular complexity index is 322. The van der Waals surface area contributed by atoms with E-state index in [1.54, 1.807) is 6.20 Å². The molecule has 1 heterocycles. The van der Waals surface area contributed by atoms with E-state index in [0.717, 1.165) is 24.0 Å². The predicted molar refractivity (Wildman–Crippen MR) is 55.8 cm³/mol. The third kappa shape index (κ3) is 3.96. The van der Waals surface area contributed by atoms with Gasteiger partial charge in [-0.3, -0.25) is 4.98 Å². The number of halogens is 1. The average Bonchev–Trinajstić information content (AvgIpc) is 2.13. The summed E-state index contributed by atoms with van der Waals surface area (Å²) in [5.74, 6) is 6.79. The molecule has 0 N–H and O–H groups in total. The molecular formula is C11H12ClN. The standard InChI is InChI=1S/C11H12ClN/c1-10-7-11(9-13-8-10)5-3-2-4-6-12/h7-9H,2,4,6H2,1H3. The highest BCUT2D eigenvalue weighted by Gasteiger charge is 1.87. The largest absolute Gasteiger partial charge is 0.263 e. The molecule has 0 aliphatic carbocycles. The molecule has 0 fully saturated rings. The zero-order valence-corrected chi connectivity index (χ0v) is 8.43. The first-order chi connectivity index (χ1) is 6.33. The lowest BCUT2D eigenvalue weighted by atomic mass is 10.2. The van der Waals surface area contributed by atoms with Crippen LogP contribution in [0.25, 0.3) is 0 Å². The molecule has 1 nitrogen and oxygen atoms in total.